The lowest BCUT2D eigenvalue weighted by Gasteiger charge is -2.19. The molecular weight excluding hydrogens is 714 g/mol. The number of fused-ring (bicyclic) bond motifs is 10. The third-order valence-corrected chi connectivity index (χ3v) is 11.4. The minimum absolute atomic E-state index is 0.0121. The predicted molar refractivity (Wildman–Crippen MR) is 216 cm³/mol. The number of nitrogens with zero attached hydrogens (tertiary/aromatic N) is 4. The van der Waals surface area contributed by atoms with Crippen molar-refractivity contribution in [3.63, 3.8) is 0 Å². The molecule has 0 unspecified atom stereocenters. The molecule has 11 rings (SSSR count). The van der Waals surface area contributed by atoms with Crippen molar-refractivity contribution >= 4 is 75.3 Å². The average Bonchev–Trinajstić information content (AvgIpc) is 3.90. The summed E-state index contributed by atoms with van der Waals surface area (Å²) in [7, 11) is 0. The highest BCUT2D eigenvalue weighted by atomic mass is 32.1. The smallest absolute Gasteiger partial charge is 0.418 e. The molecule has 0 saturated carbocycles. The number of alkyl halides is 3. The van der Waals surface area contributed by atoms with Gasteiger partial charge in [-0.3, -0.25) is 0 Å². The van der Waals surface area contributed by atoms with Crippen LogP contribution in [-0.4, -0.2) is 19.5 Å². The lowest BCUT2D eigenvalue weighted by atomic mass is 9.99. The van der Waals surface area contributed by atoms with Gasteiger partial charge >= 0.3 is 6.18 Å². The lowest BCUT2D eigenvalue weighted by molar-refractivity contribution is -0.137. The molecule has 11 aromatic rings. The Hall–Kier alpha value is -6.84. The molecule has 0 spiro atoms. The maximum absolute atomic E-state index is 16.0. The molecule has 0 saturated heterocycles. The number of aromatic nitrogens is 4. The molecule has 0 aliphatic heterocycles. The number of furan rings is 1. The summed E-state index contributed by atoms with van der Waals surface area (Å²) < 4.78 is 58.5. The van der Waals surface area contributed by atoms with E-state index in [1.165, 1.54) is 0 Å². The van der Waals surface area contributed by atoms with E-state index < -0.39 is 11.7 Å². The van der Waals surface area contributed by atoms with Gasteiger partial charge in [-0.05, 0) is 36.4 Å². The van der Waals surface area contributed by atoms with Crippen molar-refractivity contribution in [2.45, 2.75) is 6.18 Å². The van der Waals surface area contributed by atoms with E-state index in [-0.39, 0.29) is 22.7 Å². The quantitative estimate of drug-likeness (QED) is 0.180. The van der Waals surface area contributed by atoms with Crippen molar-refractivity contribution in [3.8, 4) is 39.9 Å². The van der Waals surface area contributed by atoms with Gasteiger partial charge in [-0.2, -0.15) is 13.2 Å². The van der Waals surface area contributed by atoms with Gasteiger partial charge in [0.2, 0.25) is 0 Å². The zero-order valence-corrected chi connectivity index (χ0v) is 29.5. The van der Waals surface area contributed by atoms with Gasteiger partial charge in [0.15, 0.2) is 17.5 Å². The zero-order chi connectivity index (χ0) is 36.8. The summed E-state index contributed by atoms with van der Waals surface area (Å²) in [4.78, 5) is 14.5. The topological polar surface area (TPSA) is 56.7 Å². The average molecular weight is 739 g/mol. The van der Waals surface area contributed by atoms with E-state index in [1.807, 2.05) is 127 Å². The van der Waals surface area contributed by atoms with Crippen molar-refractivity contribution in [2.75, 3.05) is 0 Å². The minimum Gasteiger partial charge on any atom is -0.455 e. The van der Waals surface area contributed by atoms with Crippen molar-refractivity contribution in [1.82, 2.24) is 19.5 Å². The second-order valence-electron chi connectivity index (χ2n) is 13.4. The summed E-state index contributed by atoms with van der Waals surface area (Å²) in [6.45, 7) is 0. The van der Waals surface area contributed by atoms with E-state index in [4.69, 9.17) is 19.4 Å². The fourth-order valence-corrected chi connectivity index (χ4v) is 9.06. The zero-order valence-electron chi connectivity index (χ0n) is 28.7. The van der Waals surface area contributed by atoms with E-state index in [9.17, 15) is 0 Å². The van der Waals surface area contributed by atoms with Crippen LogP contribution in [0.2, 0.25) is 0 Å². The van der Waals surface area contributed by atoms with Gasteiger partial charge in [0.25, 0.3) is 0 Å². The van der Waals surface area contributed by atoms with Gasteiger partial charge in [0.05, 0.1) is 33.2 Å². The maximum atomic E-state index is 16.0. The van der Waals surface area contributed by atoms with Crippen molar-refractivity contribution in [1.29, 1.82) is 0 Å². The molecule has 0 atom stereocenters. The number of hydrogen-bond acceptors (Lipinski definition) is 5. The summed E-state index contributed by atoms with van der Waals surface area (Å²) >= 11 is 1.68. The van der Waals surface area contributed by atoms with Crippen LogP contribution in [0, 0.1) is 0 Å². The van der Waals surface area contributed by atoms with Gasteiger partial charge in [0.1, 0.15) is 11.2 Å². The van der Waals surface area contributed by atoms with Crippen LogP contribution < -0.4 is 0 Å². The second-order valence-corrected chi connectivity index (χ2v) is 14.5. The Kier molecular flexibility index (Phi) is 6.81. The molecular formula is C46H25F3N4OS. The highest BCUT2D eigenvalue weighted by molar-refractivity contribution is 7.26. The molecule has 0 aliphatic rings. The Morgan fingerprint density at radius 3 is 1.82 bits per heavy atom. The Morgan fingerprint density at radius 1 is 0.509 bits per heavy atom. The van der Waals surface area contributed by atoms with Crippen molar-refractivity contribution in [3.05, 3.63) is 157 Å². The summed E-state index contributed by atoms with van der Waals surface area (Å²) in [6, 6.07) is 46.9. The fourth-order valence-electron chi connectivity index (χ4n) is 7.94. The monoisotopic (exact) mass is 738 g/mol. The first-order valence-electron chi connectivity index (χ1n) is 17.7. The SMILES string of the molecule is FC(F)(F)c1cc(-c2nc(-c3ccccc3)nc(-c3ccccc3)n2)c2oc3ccccc3c2c1-n1c2ccccc2c2c3c(ccc21)sc1ccccc13. The largest absolute Gasteiger partial charge is 0.455 e. The molecule has 0 aliphatic carbocycles. The van der Waals surface area contributed by atoms with Crippen LogP contribution in [0.4, 0.5) is 13.2 Å². The molecule has 4 aromatic heterocycles. The van der Waals surface area contributed by atoms with Gasteiger partial charge in [0, 0.05) is 47.5 Å². The minimum atomic E-state index is -4.79. The first kappa shape index (κ1) is 31.7. The van der Waals surface area contributed by atoms with E-state index in [0.29, 0.717) is 50.2 Å². The molecule has 9 heteroatoms. The Morgan fingerprint density at radius 2 is 1.11 bits per heavy atom. The van der Waals surface area contributed by atoms with Gasteiger partial charge in [-0.15, -0.1) is 11.3 Å². The number of rotatable bonds is 4. The molecule has 7 aromatic carbocycles. The summed E-state index contributed by atoms with van der Waals surface area (Å²) in [5.74, 6) is 0.740. The first-order valence-corrected chi connectivity index (χ1v) is 18.5. The van der Waals surface area contributed by atoms with Crippen LogP contribution in [0.15, 0.2) is 156 Å². The molecule has 0 radical (unpaired) electrons. The Bertz CT molecular complexity index is 3250. The van der Waals surface area contributed by atoms with Gasteiger partial charge in [-0.1, -0.05) is 115 Å². The Labute approximate surface area is 314 Å². The molecule has 0 N–H and O–H groups in total. The summed E-state index contributed by atoms with van der Waals surface area (Å²) in [6.07, 6.45) is -4.79. The lowest BCUT2D eigenvalue weighted by Crippen LogP contribution is -2.12. The predicted octanol–water partition coefficient (Wildman–Crippen LogP) is 13.3. The highest BCUT2D eigenvalue weighted by Gasteiger charge is 2.39. The van der Waals surface area contributed by atoms with Crippen LogP contribution in [0.3, 0.4) is 0 Å². The number of thiophene rings is 1. The molecule has 0 bridgehead atoms. The standard InChI is InChI=1S/C46H25F3N4OS/c47-46(48,49)32-25-31(45-51-43(26-13-3-1-4-14-26)50-44(52-45)27-15-5-2-6-16-27)42-40(29-18-8-11-21-35(29)54-42)41(32)53-33-20-10-7-17-28(33)38-34(53)23-24-37-39(38)30-19-9-12-22-36(30)55-37/h1-25H. The number of hydrogen-bond donors (Lipinski definition) is 0. The van der Waals surface area contributed by atoms with Crippen LogP contribution >= 0.6 is 11.3 Å². The van der Waals surface area contributed by atoms with Crippen LogP contribution in [0.1, 0.15) is 5.56 Å². The second kappa shape index (κ2) is 11.8. The molecule has 55 heavy (non-hydrogen) atoms. The van der Waals surface area contributed by atoms with Crippen molar-refractivity contribution < 1.29 is 17.6 Å². The van der Waals surface area contributed by atoms with Crippen LogP contribution in [-0.2, 0) is 6.18 Å². The van der Waals surface area contributed by atoms with Gasteiger partial charge < -0.3 is 8.98 Å². The van der Waals surface area contributed by atoms with Crippen molar-refractivity contribution in [2.24, 2.45) is 0 Å². The third-order valence-electron chi connectivity index (χ3n) is 10.3. The van der Waals surface area contributed by atoms with Crippen LogP contribution in [0.25, 0.3) is 104 Å². The van der Waals surface area contributed by atoms with E-state index in [1.54, 1.807) is 22.0 Å². The fraction of sp³-hybridized carbons (Fsp3) is 0.0217. The number of para-hydroxylation sites is 2. The first-order chi connectivity index (χ1) is 26.9. The van der Waals surface area contributed by atoms with E-state index in [0.717, 1.165) is 37.0 Å². The summed E-state index contributed by atoms with van der Waals surface area (Å²) in [5, 5.41) is 4.73. The summed E-state index contributed by atoms with van der Waals surface area (Å²) in [5.41, 5.74) is 2.70. The molecule has 0 amide bonds. The number of halogens is 3. The maximum Gasteiger partial charge on any atom is 0.418 e. The molecule has 5 nitrogen and oxygen atoms in total. The molecule has 0 fully saturated rings. The van der Waals surface area contributed by atoms with Gasteiger partial charge in [-0.25, -0.2) is 15.0 Å². The third kappa shape index (κ3) is 4.83. The van der Waals surface area contributed by atoms with Crippen LogP contribution in [0.5, 0.6) is 0 Å². The molecule has 4 heterocycles. The van der Waals surface area contributed by atoms with E-state index >= 15 is 13.2 Å². The van der Waals surface area contributed by atoms with E-state index in [2.05, 4.69) is 12.1 Å². The number of benzene rings is 7. The highest BCUT2D eigenvalue weighted by Crippen LogP contribution is 2.50. The normalized spacial score (nSPS) is 12.3. The molecule has 262 valence electrons. The Balaban J connectivity index is 1.30.